The summed E-state index contributed by atoms with van der Waals surface area (Å²) in [7, 11) is 1.58. The van der Waals surface area contributed by atoms with Gasteiger partial charge in [0.25, 0.3) is 0 Å². The molecule has 25 heavy (non-hydrogen) atoms. The van der Waals surface area contributed by atoms with Crippen LogP contribution in [0, 0.1) is 12.8 Å². The molecule has 3 aromatic rings. The van der Waals surface area contributed by atoms with Crippen LogP contribution in [0.2, 0.25) is 0 Å². The summed E-state index contributed by atoms with van der Waals surface area (Å²) < 4.78 is 6.85. The number of hydrogen-bond acceptors (Lipinski definition) is 4. The SMILES string of the molecule is COCCC(=O)Nc1nn(CC(C)C)c2nc3c(C)cccc3cc12. The second kappa shape index (κ2) is 7.19. The first-order valence-electron chi connectivity index (χ1n) is 8.55. The molecule has 6 heteroatoms. The molecule has 0 spiro atoms. The number of nitrogens with zero attached hydrogens (tertiary/aromatic N) is 3. The standard InChI is InChI=1S/C19H24N4O2/c1-12(2)11-23-19-15(18(22-23)20-16(24)8-9-25-4)10-14-7-5-6-13(3)17(14)21-19/h5-7,10,12H,8-9,11H2,1-4H3,(H,20,22,24). The molecule has 0 atom stereocenters. The van der Waals surface area contributed by atoms with E-state index < -0.39 is 0 Å². The maximum Gasteiger partial charge on any atom is 0.227 e. The van der Waals surface area contributed by atoms with Crippen molar-refractivity contribution in [3.63, 3.8) is 0 Å². The second-order valence-electron chi connectivity index (χ2n) is 6.72. The Balaban J connectivity index is 2.11. The van der Waals surface area contributed by atoms with Gasteiger partial charge in [-0.2, -0.15) is 5.10 Å². The predicted octanol–water partition coefficient (Wildman–Crippen LogP) is 3.52. The Kier molecular flexibility index (Phi) is 4.99. The van der Waals surface area contributed by atoms with Gasteiger partial charge in [0.1, 0.15) is 0 Å². The van der Waals surface area contributed by atoms with Crippen LogP contribution in [0.4, 0.5) is 5.82 Å². The minimum absolute atomic E-state index is 0.109. The third kappa shape index (κ3) is 3.64. The number of hydrogen-bond donors (Lipinski definition) is 1. The topological polar surface area (TPSA) is 69.0 Å². The molecule has 2 heterocycles. The Morgan fingerprint density at radius 3 is 2.88 bits per heavy atom. The van der Waals surface area contributed by atoms with Crippen LogP contribution in [-0.2, 0) is 16.1 Å². The van der Waals surface area contributed by atoms with Crippen LogP contribution in [0.3, 0.4) is 0 Å². The third-order valence-corrected chi connectivity index (χ3v) is 4.08. The Bertz CT molecular complexity index is 915. The number of carbonyl (C=O) groups is 1. The lowest BCUT2D eigenvalue weighted by atomic mass is 10.1. The van der Waals surface area contributed by atoms with Crippen LogP contribution in [-0.4, -0.2) is 34.4 Å². The van der Waals surface area contributed by atoms with E-state index in [0.29, 0.717) is 24.8 Å². The fourth-order valence-electron chi connectivity index (χ4n) is 2.88. The molecular formula is C19H24N4O2. The van der Waals surface area contributed by atoms with Crippen LogP contribution in [0.1, 0.15) is 25.8 Å². The molecule has 3 rings (SSSR count). The highest BCUT2D eigenvalue weighted by atomic mass is 16.5. The second-order valence-corrected chi connectivity index (χ2v) is 6.72. The number of carbonyl (C=O) groups excluding carboxylic acids is 1. The molecule has 132 valence electrons. The van der Waals surface area contributed by atoms with Gasteiger partial charge >= 0.3 is 0 Å². The molecule has 0 aliphatic carbocycles. The van der Waals surface area contributed by atoms with Crippen LogP contribution < -0.4 is 5.32 Å². The summed E-state index contributed by atoms with van der Waals surface area (Å²) in [5.74, 6) is 0.879. The van der Waals surface area contributed by atoms with E-state index in [9.17, 15) is 4.79 Å². The van der Waals surface area contributed by atoms with Crippen molar-refractivity contribution in [2.45, 2.75) is 33.7 Å². The molecule has 0 fully saturated rings. The van der Waals surface area contributed by atoms with Gasteiger partial charge in [-0.1, -0.05) is 32.0 Å². The Hall–Kier alpha value is -2.47. The Morgan fingerprint density at radius 2 is 2.16 bits per heavy atom. The van der Waals surface area contributed by atoms with E-state index in [1.807, 2.05) is 16.8 Å². The van der Waals surface area contributed by atoms with E-state index in [2.05, 4.69) is 43.3 Å². The predicted molar refractivity (Wildman–Crippen MR) is 99.7 cm³/mol. The van der Waals surface area contributed by atoms with Crippen molar-refractivity contribution in [1.29, 1.82) is 0 Å². The van der Waals surface area contributed by atoms with Crippen molar-refractivity contribution in [3.8, 4) is 0 Å². The average Bonchev–Trinajstić information content (AvgIpc) is 2.88. The van der Waals surface area contributed by atoms with Crippen molar-refractivity contribution in [2.75, 3.05) is 19.0 Å². The molecule has 2 aromatic heterocycles. The molecule has 0 aliphatic heterocycles. The summed E-state index contributed by atoms with van der Waals surface area (Å²) in [5.41, 5.74) is 2.90. The van der Waals surface area contributed by atoms with E-state index in [-0.39, 0.29) is 5.91 Å². The fraction of sp³-hybridized carbons (Fsp3) is 0.421. The molecular weight excluding hydrogens is 316 g/mol. The van der Waals surface area contributed by atoms with Crippen molar-refractivity contribution < 1.29 is 9.53 Å². The summed E-state index contributed by atoms with van der Waals surface area (Å²) in [4.78, 5) is 16.9. The van der Waals surface area contributed by atoms with E-state index >= 15 is 0 Å². The molecule has 1 aromatic carbocycles. The van der Waals surface area contributed by atoms with Crippen molar-refractivity contribution in [1.82, 2.24) is 14.8 Å². The summed E-state index contributed by atoms with van der Waals surface area (Å²) in [6.07, 6.45) is 0.301. The lowest BCUT2D eigenvalue weighted by Gasteiger charge is -2.06. The molecule has 0 unspecified atom stereocenters. The number of methoxy groups -OCH3 is 1. The maximum absolute atomic E-state index is 12.1. The fourth-order valence-corrected chi connectivity index (χ4v) is 2.88. The maximum atomic E-state index is 12.1. The normalized spacial score (nSPS) is 11.6. The molecule has 0 saturated carbocycles. The van der Waals surface area contributed by atoms with Crippen LogP contribution in [0.5, 0.6) is 0 Å². The Morgan fingerprint density at radius 1 is 1.36 bits per heavy atom. The van der Waals surface area contributed by atoms with Gasteiger partial charge in [0.15, 0.2) is 11.5 Å². The minimum Gasteiger partial charge on any atom is -0.384 e. The van der Waals surface area contributed by atoms with E-state index in [1.54, 1.807) is 7.11 Å². The highest BCUT2D eigenvalue weighted by molar-refractivity contribution is 6.03. The first-order valence-corrected chi connectivity index (χ1v) is 8.55. The zero-order chi connectivity index (χ0) is 18.0. The lowest BCUT2D eigenvalue weighted by molar-refractivity contribution is -0.117. The number of benzene rings is 1. The highest BCUT2D eigenvalue weighted by Gasteiger charge is 2.16. The van der Waals surface area contributed by atoms with E-state index in [4.69, 9.17) is 9.72 Å². The molecule has 0 aliphatic rings. The zero-order valence-electron chi connectivity index (χ0n) is 15.2. The first kappa shape index (κ1) is 17.4. The highest BCUT2D eigenvalue weighted by Crippen LogP contribution is 2.27. The summed E-state index contributed by atoms with van der Waals surface area (Å²) in [6, 6.07) is 8.16. The van der Waals surface area contributed by atoms with Crippen molar-refractivity contribution >= 4 is 33.7 Å². The zero-order valence-corrected chi connectivity index (χ0v) is 15.2. The van der Waals surface area contributed by atoms with Gasteiger partial charge in [-0.3, -0.25) is 4.79 Å². The van der Waals surface area contributed by atoms with Crippen molar-refractivity contribution in [2.24, 2.45) is 5.92 Å². The van der Waals surface area contributed by atoms with Crippen LogP contribution in [0.25, 0.3) is 21.9 Å². The molecule has 6 nitrogen and oxygen atoms in total. The number of rotatable bonds is 6. The van der Waals surface area contributed by atoms with Gasteiger partial charge in [-0.05, 0) is 24.5 Å². The largest absolute Gasteiger partial charge is 0.384 e. The van der Waals surface area contributed by atoms with Crippen LogP contribution in [0.15, 0.2) is 24.3 Å². The van der Waals surface area contributed by atoms with Gasteiger partial charge in [0.2, 0.25) is 5.91 Å². The summed E-state index contributed by atoms with van der Waals surface area (Å²) in [6.45, 7) is 7.46. The third-order valence-electron chi connectivity index (χ3n) is 4.08. The minimum atomic E-state index is -0.109. The molecule has 0 bridgehead atoms. The van der Waals surface area contributed by atoms with Gasteiger partial charge in [0, 0.05) is 19.0 Å². The summed E-state index contributed by atoms with van der Waals surface area (Å²) in [5, 5.41) is 9.42. The molecule has 1 amide bonds. The van der Waals surface area contributed by atoms with Crippen LogP contribution >= 0.6 is 0 Å². The average molecular weight is 340 g/mol. The molecule has 1 N–H and O–H groups in total. The number of aryl methyl sites for hydroxylation is 1. The quantitative estimate of drug-likeness (QED) is 0.745. The number of anilines is 1. The van der Waals surface area contributed by atoms with Gasteiger partial charge in [-0.15, -0.1) is 0 Å². The van der Waals surface area contributed by atoms with Crippen molar-refractivity contribution in [3.05, 3.63) is 29.8 Å². The lowest BCUT2D eigenvalue weighted by Crippen LogP contribution is -2.14. The van der Waals surface area contributed by atoms with E-state index in [1.165, 1.54) is 0 Å². The number of fused-ring (bicyclic) bond motifs is 2. The van der Waals surface area contributed by atoms with E-state index in [0.717, 1.165) is 34.0 Å². The molecule has 0 saturated heterocycles. The van der Waals surface area contributed by atoms with Gasteiger partial charge in [0.05, 0.1) is 23.9 Å². The number of amides is 1. The number of aromatic nitrogens is 3. The molecule has 0 radical (unpaired) electrons. The number of nitrogens with one attached hydrogen (secondary N) is 1. The van der Waals surface area contributed by atoms with Gasteiger partial charge < -0.3 is 10.1 Å². The first-order chi connectivity index (χ1) is 12.0. The van der Waals surface area contributed by atoms with Gasteiger partial charge in [-0.25, -0.2) is 9.67 Å². The number of para-hydroxylation sites is 1. The summed E-state index contributed by atoms with van der Waals surface area (Å²) >= 11 is 0. The number of pyridine rings is 1. The Labute approximate surface area is 147 Å². The monoisotopic (exact) mass is 340 g/mol. The smallest absolute Gasteiger partial charge is 0.227 e. The number of ether oxygens (including phenoxy) is 1.